The van der Waals surface area contributed by atoms with E-state index in [1.807, 2.05) is 0 Å². The van der Waals surface area contributed by atoms with Crippen LogP contribution in [0, 0.1) is 5.92 Å². The van der Waals surface area contributed by atoms with Crippen molar-refractivity contribution in [3.63, 3.8) is 0 Å². The molecular weight excluding hydrogens is 248 g/mol. The van der Waals surface area contributed by atoms with Gasteiger partial charge in [-0.2, -0.15) is 0 Å². The van der Waals surface area contributed by atoms with E-state index in [1.54, 1.807) is 0 Å². The first-order valence-corrected chi connectivity index (χ1v) is 6.79. The number of carboxylic acid groups (broad SMARTS) is 1. The number of rotatable bonds is 5. The lowest BCUT2D eigenvalue weighted by Gasteiger charge is -2.26. The van der Waals surface area contributed by atoms with Crippen LogP contribution in [0.25, 0.3) is 0 Å². The highest BCUT2D eigenvalue weighted by atomic mass is 16.4. The summed E-state index contributed by atoms with van der Waals surface area (Å²) in [6.45, 7) is -0.778. The maximum absolute atomic E-state index is 12.3. The second-order valence-corrected chi connectivity index (χ2v) is 5.10. The summed E-state index contributed by atoms with van der Waals surface area (Å²) in [6.07, 6.45) is 6.92. The minimum absolute atomic E-state index is 0.168. The molecule has 1 rings (SSSR count). The molecule has 0 bridgehead atoms. The van der Waals surface area contributed by atoms with Crippen LogP contribution in [0.2, 0.25) is 0 Å². The smallest absolute Gasteiger partial charge is 0.323 e. The predicted octanol–water partition coefficient (Wildman–Crippen LogP) is 0.745. The van der Waals surface area contributed by atoms with Gasteiger partial charge >= 0.3 is 5.97 Å². The minimum Gasteiger partial charge on any atom is -0.480 e. The van der Waals surface area contributed by atoms with Crippen molar-refractivity contribution >= 4 is 17.8 Å². The quantitative estimate of drug-likeness (QED) is 0.769. The Hall–Kier alpha value is -1.59. The summed E-state index contributed by atoms with van der Waals surface area (Å²) in [6, 6.07) is 0. The molecule has 1 aliphatic carbocycles. The van der Waals surface area contributed by atoms with Crippen LogP contribution in [0.4, 0.5) is 0 Å². The van der Waals surface area contributed by atoms with Crippen molar-refractivity contribution in [1.29, 1.82) is 0 Å². The van der Waals surface area contributed by atoms with Crippen LogP contribution in [0.1, 0.15) is 44.9 Å². The van der Waals surface area contributed by atoms with Crippen LogP contribution in [0.5, 0.6) is 0 Å². The van der Waals surface area contributed by atoms with E-state index in [0.717, 1.165) is 43.4 Å². The van der Waals surface area contributed by atoms with Crippen LogP contribution in [0.15, 0.2) is 0 Å². The SMILES string of the molecule is NC(=O)CN(CC(=O)O)C(=O)C1CCCCCCC1. The van der Waals surface area contributed by atoms with Crippen molar-refractivity contribution in [3.8, 4) is 0 Å². The second kappa shape index (κ2) is 7.76. The summed E-state index contributed by atoms with van der Waals surface area (Å²) in [7, 11) is 0. The molecule has 6 nitrogen and oxygen atoms in total. The standard InChI is InChI=1S/C13H22N2O4/c14-11(16)8-15(9-12(17)18)13(19)10-6-4-2-1-3-5-7-10/h10H,1-9H2,(H2,14,16)(H,17,18). The van der Waals surface area contributed by atoms with Crippen molar-refractivity contribution in [2.45, 2.75) is 44.9 Å². The predicted molar refractivity (Wildman–Crippen MR) is 69.2 cm³/mol. The minimum atomic E-state index is -1.12. The number of nitrogens with two attached hydrogens (primary N) is 1. The number of aliphatic carboxylic acids is 1. The Morgan fingerprint density at radius 1 is 1.00 bits per heavy atom. The van der Waals surface area contributed by atoms with Crippen molar-refractivity contribution in [3.05, 3.63) is 0 Å². The van der Waals surface area contributed by atoms with Gasteiger partial charge in [0.2, 0.25) is 11.8 Å². The number of amides is 2. The summed E-state index contributed by atoms with van der Waals surface area (Å²) in [5.41, 5.74) is 5.07. The number of hydrogen-bond donors (Lipinski definition) is 2. The van der Waals surface area contributed by atoms with E-state index >= 15 is 0 Å². The molecule has 0 aliphatic heterocycles. The van der Waals surface area contributed by atoms with Crippen molar-refractivity contribution in [2.24, 2.45) is 11.7 Å². The summed E-state index contributed by atoms with van der Waals surface area (Å²) in [5, 5.41) is 8.80. The molecule has 3 N–H and O–H groups in total. The number of carboxylic acids is 1. The summed E-state index contributed by atoms with van der Waals surface area (Å²) >= 11 is 0. The van der Waals surface area contributed by atoms with Crippen molar-refractivity contribution in [2.75, 3.05) is 13.1 Å². The molecule has 19 heavy (non-hydrogen) atoms. The Morgan fingerprint density at radius 2 is 1.53 bits per heavy atom. The van der Waals surface area contributed by atoms with Crippen LogP contribution < -0.4 is 5.73 Å². The number of primary amides is 1. The van der Waals surface area contributed by atoms with Gasteiger partial charge in [-0.1, -0.05) is 32.1 Å². The lowest BCUT2D eigenvalue weighted by Crippen LogP contribution is -2.44. The van der Waals surface area contributed by atoms with Crippen LogP contribution in [-0.4, -0.2) is 40.9 Å². The summed E-state index contributed by atoms with van der Waals surface area (Å²) < 4.78 is 0. The monoisotopic (exact) mass is 270 g/mol. The van der Waals surface area contributed by atoms with Gasteiger partial charge in [-0.3, -0.25) is 14.4 Å². The number of hydrogen-bond acceptors (Lipinski definition) is 3. The van der Waals surface area contributed by atoms with E-state index in [2.05, 4.69) is 0 Å². The first kappa shape index (κ1) is 15.5. The average Bonchev–Trinajstić information content (AvgIpc) is 2.25. The second-order valence-electron chi connectivity index (χ2n) is 5.10. The fourth-order valence-corrected chi connectivity index (χ4v) is 2.52. The topological polar surface area (TPSA) is 101 Å². The Bertz CT molecular complexity index is 320. The van der Waals surface area contributed by atoms with Gasteiger partial charge in [-0.15, -0.1) is 0 Å². The van der Waals surface area contributed by atoms with Crippen LogP contribution in [-0.2, 0) is 14.4 Å². The first-order chi connectivity index (χ1) is 9.00. The average molecular weight is 270 g/mol. The molecule has 0 aromatic rings. The van der Waals surface area contributed by atoms with Crippen LogP contribution in [0.3, 0.4) is 0 Å². The lowest BCUT2D eigenvalue weighted by molar-refractivity contribution is -0.147. The normalized spacial score (nSPS) is 17.3. The number of nitrogens with zero attached hydrogens (tertiary/aromatic N) is 1. The Balaban J connectivity index is 2.66. The maximum atomic E-state index is 12.3. The largest absolute Gasteiger partial charge is 0.480 e. The Kier molecular flexibility index (Phi) is 6.32. The zero-order chi connectivity index (χ0) is 14.3. The lowest BCUT2D eigenvalue weighted by atomic mass is 9.90. The van der Waals surface area contributed by atoms with Crippen LogP contribution >= 0.6 is 0 Å². The highest BCUT2D eigenvalue weighted by molar-refractivity contribution is 5.87. The molecule has 1 saturated carbocycles. The molecular formula is C13H22N2O4. The molecule has 0 heterocycles. The van der Waals surface area contributed by atoms with Gasteiger partial charge in [0.05, 0.1) is 6.54 Å². The number of carbonyl (C=O) groups excluding carboxylic acids is 2. The van der Waals surface area contributed by atoms with Crippen molar-refractivity contribution in [1.82, 2.24) is 4.90 Å². The molecule has 1 aliphatic rings. The van der Waals surface area contributed by atoms with Gasteiger partial charge in [-0.05, 0) is 12.8 Å². The van der Waals surface area contributed by atoms with Gasteiger partial charge in [0.25, 0.3) is 0 Å². The van der Waals surface area contributed by atoms with E-state index < -0.39 is 18.4 Å². The van der Waals surface area contributed by atoms with E-state index in [4.69, 9.17) is 10.8 Å². The highest BCUT2D eigenvalue weighted by Gasteiger charge is 2.26. The van der Waals surface area contributed by atoms with Crippen molar-refractivity contribution < 1.29 is 19.5 Å². The zero-order valence-corrected chi connectivity index (χ0v) is 11.1. The van der Waals surface area contributed by atoms with E-state index in [9.17, 15) is 14.4 Å². The third-order valence-corrected chi connectivity index (χ3v) is 3.44. The molecule has 0 unspecified atom stereocenters. The van der Waals surface area contributed by atoms with Gasteiger partial charge < -0.3 is 15.7 Å². The molecule has 0 radical (unpaired) electrons. The fraction of sp³-hybridized carbons (Fsp3) is 0.769. The van der Waals surface area contributed by atoms with E-state index in [-0.39, 0.29) is 18.4 Å². The molecule has 2 amide bonds. The summed E-state index contributed by atoms with van der Waals surface area (Å²) in [5.74, 6) is -2.22. The van der Waals surface area contributed by atoms with Gasteiger partial charge in [0.1, 0.15) is 6.54 Å². The molecule has 1 fully saturated rings. The van der Waals surface area contributed by atoms with Gasteiger partial charge in [0, 0.05) is 5.92 Å². The number of carbonyl (C=O) groups is 3. The molecule has 108 valence electrons. The van der Waals surface area contributed by atoms with Gasteiger partial charge in [-0.25, -0.2) is 0 Å². The maximum Gasteiger partial charge on any atom is 0.323 e. The third-order valence-electron chi connectivity index (χ3n) is 3.44. The van der Waals surface area contributed by atoms with E-state index in [0.29, 0.717) is 0 Å². The molecule has 0 aromatic heterocycles. The molecule has 0 aromatic carbocycles. The molecule has 0 spiro atoms. The van der Waals surface area contributed by atoms with E-state index in [1.165, 1.54) is 6.42 Å². The zero-order valence-electron chi connectivity index (χ0n) is 11.1. The highest BCUT2D eigenvalue weighted by Crippen LogP contribution is 2.23. The molecule has 0 saturated heterocycles. The van der Waals surface area contributed by atoms with Gasteiger partial charge in [0.15, 0.2) is 0 Å². The fourth-order valence-electron chi connectivity index (χ4n) is 2.52. The molecule has 0 atom stereocenters. The third kappa shape index (κ3) is 5.72. The Morgan fingerprint density at radius 3 is 2.00 bits per heavy atom. The Labute approximate surface area is 112 Å². The molecule has 6 heteroatoms. The summed E-state index contributed by atoms with van der Waals surface area (Å²) in [4.78, 5) is 35.0. The first-order valence-electron chi connectivity index (χ1n) is 6.79.